The van der Waals surface area contributed by atoms with Gasteiger partial charge in [0, 0.05) is 12.6 Å². The van der Waals surface area contributed by atoms with Gasteiger partial charge in [-0.3, -0.25) is 0 Å². The van der Waals surface area contributed by atoms with E-state index in [4.69, 9.17) is 21.1 Å². The zero-order valence-electron chi connectivity index (χ0n) is 11.8. The van der Waals surface area contributed by atoms with E-state index in [1.165, 1.54) is 12.8 Å². The number of carbonyl (C=O) groups excluding carboxylic acids is 1. The van der Waals surface area contributed by atoms with Crippen molar-refractivity contribution in [1.29, 1.82) is 0 Å². The summed E-state index contributed by atoms with van der Waals surface area (Å²) in [4.78, 5) is 11.4. The second-order valence-electron chi connectivity index (χ2n) is 5.25. The van der Waals surface area contributed by atoms with Gasteiger partial charge in [-0.1, -0.05) is 17.7 Å². The zero-order chi connectivity index (χ0) is 14.5. The maximum absolute atomic E-state index is 11.4. The van der Waals surface area contributed by atoms with Crippen molar-refractivity contribution in [2.75, 3.05) is 6.61 Å². The third-order valence-electron chi connectivity index (χ3n) is 2.88. The molecule has 0 unspecified atom stereocenters. The third-order valence-corrected chi connectivity index (χ3v) is 3.18. The summed E-state index contributed by atoms with van der Waals surface area (Å²) in [6.45, 7) is 4.27. The Balaban J connectivity index is 1.83. The molecule has 2 rings (SSSR count). The van der Waals surface area contributed by atoms with Crippen LogP contribution in [-0.2, 0) is 16.1 Å². The molecule has 0 bridgehead atoms. The summed E-state index contributed by atoms with van der Waals surface area (Å²) < 4.78 is 10.4. The van der Waals surface area contributed by atoms with E-state index in [1.54, 1.807) is 19.9 Å². The number of nitrogens with one attached hydrogen (secondary N) is 1. The fourth-order valence-electron chi connectivity index (χ4n) is 1.75. The second kappa shape index (κ2) is 6.95. The standard InChI is InChI=1S/C15H20ClNO3/c1-10(2)20-15(18)9-19-14-6-3-11(7-13(14)16)8-17-12-4-5-12/h3,6-7,10,12,17H,4-5,8-9H2,1-2H3. The molecule has 110 valence electrons. The Morgan fingerprint density at radius 2 is 2.20 bits per heavy atom. The van der Waals surface area contributed by atoms with E-state index in [0.29, 0.717) is 16.8 Å². The number of ether oxygens (including phenoxy) is 2. The molecule has 1 aliphatic carbocycles. The normalized spacial score (nSPS) is 14.4. The van der Waals surface area contributed by atoms with Crippen molar-refractivity contribution < 1.29 is 14.3 Å². The van der Waals surface area contributed by atoms with Crippen LogP contribution in [-0.4, -0.2) is 24.7 Å². The van der Waals surface area contributed by atoms with E-state index >= 15 is 0 Å². The minimum atomic E-state index is -0.393. The molecule has 1 saturated carbocycles. The summed E-state index contributed by atoms with van der Waals surface area (Å²) >= 11 is 6.14. The molecule has 0 amide bonds. The highest BCUT2D eigenvalue weighted by molar-refractivity contribution is 6.32. The van der Waals surface area contributed by atoms with Crippen LogP contribution in [0.25, 0.3) is 0 Å². The van der Waals surface area contributed by atoms with Crippen molar-refractivity contribution in [3.05, 3.63) is 28.8 Å². The molecular formula is C15H20ClNO3. The Kier molecular flexibility index (Phi) is 5.26. The molecule has 1 aromatic carbocycles. The highest BCUT2D eigenvalue weighted by Crippen LogP contribution is 2.26. The van der Waals surface area contributed by atoms with E-state index in [0.717, 1.165) is 12.1 Å². The van der Waals surface area contributed by atoms with E-state index in [1.807, 2.05) is 12.1 Å². The average Bonchev–Trinajstić information content (AvgIpc) is 3.18. The predicted octanol–water partition coefficient (Wildman–Crippen LogP) is 2.92. The van der Waals surface area contributed by atoms with E-state index in [-0.39, 0.29) is 12.7 Å². The Labute approximate surface area is 124 Å². The van der Waals surface area contributed by atoms with E-state index < -0.39 is 5.97 Å². The lowest BCUT2D eigenvalue weighted by Crippen LogP contribution is -2.19. The van der Waals surface area contributed by atoms with Crippen LogP contribution in [0.3, 0.4) is 0 Å². The summed E-state index contributed by atoms with van der Waals surface area (Å²) in [7, 11) is 0. The first-order chi connectivity index (χ1) is 9.54. The third kappa shape index (κ3) is 5.02. The van der Waals surface area contributed by atoms with Gasteiger partial charge in [-0.2, -0.15) is 0 Å². The summed E-state index contributed by atoms with van der Waals surface area (Å²) in [6.07, 6.45) is 2.37. The molecule has 1 aromatic rings. The lowest BCUT2D eigenvalue weighted by Gasteiger charge is -2.11. The van der Waals surface area contributed by atoms with Crippen LogP contribution < -0.4 is 10.1 Å². The van der Waals surface area contributed by atoms with Crippen molar-refractivity contribution in [2.24, 2.45) is 0 Å². The zero-order valence-corrected chi connectivity index (χ0v) is 12.6. The van der Waals surface area contributed by atoms with E-state index in [2.05, 4.69) is 5.32 Å². The number of hydrogen-bond acceptors (Lipinski definition) is 4. The van der Waals surface area contributed by atoms with Crippen LogP contribution in [0, 0.1) is 0 Å². The van der Waals surface area contributed by atoms with Crippen LogP contribution in [0.2, 0.25) is 5.02 Å². The maximum Gasteiger partial charge on any atom is 0.344 e. The van der Waals surface area contributed by atoms with Gasteiger partial charge in [0.05, 0.1) is 11.1 Å². The maximum atomic E-state index is 11.4. The molecule has 1 fully saturated rings. The Bertz CT molecular complexity index is 472. The van der Waals surface area contributed by atoms with Gasteiger partial charge in [-0.25, -0.2) is 4.79 Å². The minimum absolute atomic E-state index is 0.127. The summed E-state index contributed by atoms with van der Waals surface area (Å²) in [5, 5.41) is 3.93. The number of benzene rings is 1. The van der Waals surface area contributed by atoms with Gasteiger partial charge in [0.15, 0.2) is 6.61 Å². The molecule has 0 saturated heterocycles. The highest BCUT2D eigenvalue weighted by atomic mass is 35.5. The first-order valence-corrected chi connectivity index (χ1v) is 7.26. The van der Waals surface area contributed by atoms with Gasteiger partial charge >= 0.3 is 5.97 Å². The molecule has 0 heterocycles. The molecule has 5 heteroatoms. The minimum Gasteiger partial charge on any atom is -0.480 e. The number of carbonyl (C=O) groups is 1. The largest absolute Gasteiger partial charge is 0.480 e. The fourth-order valence-corrected chi connectivity index (χ4v) is 2.01. The van der Waals surface area contributed by atoms with Gasteiger partial charge in [-0.05, 0) is 44.4 Å². The van der Waals surface area contributed by atoms with Crippen LogP contribution in [0.1, 0.15) is 32.3 Å². The molecule has 1 N–H and O–H groups in total. The summed E-state index contributed by atoms with van der Waals surface area (Å²) in [5.74, 6) is 0.109. The Morgan fingerprint density at radius 3 is 2.80 bits per heavy atom. The van der Waals surface area contributed by atoms with Crippen LogP contribution in [0.4, 0.5) is 0 Å². The van der Waals surface area contributed by atoms with Crippen LogP contribution in [0.5, 0.6) is 5.75 Å². The molecule has 20 heavy (non-hydrogen) atoms. The first kappa shape index (κ1) is 15.1. The second-order valence-corrected chi connectivity index (χ2v) is 5.65. The van der Waals surface area contributed by atoms with Gasteiger partial charge in [0.1, 0.15) is 5.75 Å². The predicted molar refractivity (Wildman–Crippen MR) is 78.0 cm³/mol. The Morgan fingerprint density at radius 1 is 1.45 bits per heavy atom. The molecule has 0 radical (unpaired) electrons. The average molecular weight is 298 g/mol. The molecule has 1 aliphatic rings. The quantitative estimate of drug-likeness (QED) is 0.786. The van der Waals surface area contributed by atoms with Crippen molar-refractivity contribution >= 4 is 17.6 Å². The van der Waals surface area contributed by atoms with Gasteiger partial charge in [-0.15, -0.1) is 0 Å². The monoisotopic (exact) mass is 297 g/mol. The fraction of sp³-hybridized carbons (Fsp3) is 0.533. The first-order valence-electron chi connectivity index (χ1n) is 6.88. The van der Waals surface area contributed by atoms with Gasteiger partial charge < -0.3 is 14.8 Å². The van der Waals surface area contributed by atoms with Crippen molar-refractivity contribution in [1.82, 2.24) is 5.32 Å². The molecule has 0 aliphatic heterocycles. The number of halogens is 1. The molecule has 4 nitrogen and oxygen atoms in total. The lowest BCUT2D eigenvalue weighted by atomic mass is 10.2. The highest BCUT2D eigenvalue weighted by Gasteiger charge is 2.20. The Hall–Kier alpha value is -1.26. The number of esters is 1. The van der Waals surface area contributed by atoms with Gasteiger partial charge in [0.25, 0.3) is 0 Å². The van der Waals surface area contributed by atoms with Crippen molar-refractivity contribution in [2.45, 2.75) is 45.4 Å². The SMILES string of the molecule is CC(C)OC(=O)COc1ccc(CNC2CC2)cc1Cl. The van der Waals surface area contributed by atoms with Crippen molar-refractivity contribution in [3.8, 4) is 5.75 Å². The van der Waals surface area contributed by atoms with E-state index in [9.17, 15) is 4.79 Å². The van der Waals surface area contributed by atoms with Crippen LogP contribution in [0.15, 0.2) is 18.2 Å². The topological polar surface area (TPSA) is 47.6 Å². The van der Waals surface area contributed by atoms with Crippen molar-refractivity contribution in [3.63, 3.8) is 0 Å². The summed E-state index contributed by atoms with van der Waals surface area (Å²) in [5.41, 5.74) is 1.11. The molecule has 0 atom stereocenters. The number of hydrogen-bond donors (Lipinski definition) is 1. The summed E-state index contributed by atoms with van der Waals surface area (Å²) in [6, 6.07) is 6.26. The molecular weight excluding hydrogens is 278 g/mol. The number of rotatable bonds is 7. The van der Waals surface area contributed by atoms with Crippen LogP contribution >= 0.6 is 11.6 Å². The molecule has 0 aromatic heterocycles. The van der Waals surface area contributed by atoms with Gasteiger partial charge in [0.2, 0.25) is 0 Å². The smallest absolute Gasteiger partial charge is 0.344 e. The molecule has 0 spiro atoms. The lowest BCUT2D eigenvalue weighted by molar-refractivity contribution is -0.149.